The fourth-order valence-electron chi connectivity index (χ4n) is 1.30. The molecule has 1 aliphatic rings. The lowest BCUT2D eigenvalue weighted by Gasteiger charge is -2.06. The van der Waals surface area contributed by atoms with Crippen LogP contribution in [-0.4, -0.2) is 16.8 Å². The maximum atomic E-state index is 11.6. The van der Waals surface area contributed by atoms with Gasteiger partial charge in [0, 0.05) is 0 Å². The third-order valence-corrected chi connectivity index (χ3v) is 7.74. The zero-order chi connectivity index (χ0) is 13.2. The molecule has 94 valence electrons. The molecular weight excluding hydrogens is 356 g/mol. The normalized spacial score (nSPS) is 20.2. The molecule has 2 rings (SSSR count). The molecule has 0 atom stereocenters. The van der Waals surface area contributed by atoms with Crippen molar-refractivity contribution in [2.24, 2.45) is 0 Å². The maximum absolute atomic E-state index is 11.6. The summed E-state index contributed by atoms with van der Waals surface area (Å²) >= 11 is 22.6. The first-order chi connectivity index (χ1) is 7.59. The van der Waals surface area contributed by atoms with Crippen LogP contribution in [-0.2, 0) is 20.0 Å². The molecule has 1 heterocycles. The van der Waals surface area contributed by atoms with Gasteiger partial charge in [0.15, 0.2) is 0 Å². The molecular formula is C6HCl4NO4S2. The molecule has 1 aromatic carbocycles. The second-order valence-electron chi connectivity index (χ2n) is 3.00. The lowest BCUT2D eigenvalue weighted by molar-refractivity contribution is 0.586. The van der Waals surface area contributed by atoms with Crippen molar-refractivity contribution in [2.75, 3.05) is 0 Å². The number of halogens is 4. The minimum Gasteiger partial charge on any atom is -0.206 e. The van der Waals surface area contributed by atoms with Crippen LogP contribution >= 0.6 is 46.4 Å². The van der Waals surface area contributed by atoms with Gasteiger partial charge in [-0.25, -0.2) is 16.8 Å². The Morgan fingerprint density at radius 3 is 1.24 bits per heavy atom. The molecule has 11 heteroatoms. The molecule has 0 fully saturated rings. The predicted octanol–water partition coefficient (Wildman–Crippen LogP) is 2.28. The third-order valence-electron chi connectivity index (χ3n) is 1.94. The Balaban J connectivity index is 3.15. The first kappa shape index (κ1) is 13.7. The first-order valence-electron chi connectivity index (χ1n) is 3.74. The first-order valence-corrected chi connectivity index (χ1v) is 8.22. The van der Waals surface area contributed by atoms with E-state index in [0.29, 0.717) is 0 Å². The summed E-state index contributed by atoms with van der Waals surface area (Å²) in [5, 5.41) is -1.60. The van der Waals surface area contributed by atoms with Crippen LogP contribution < -0.4 is 4.13 Å². The van der Waals surface area contributed by atoms with Crippen molar-refractivity contribution >= 4 is 66.5 Å². The van der Waals surface area contributed by atoms with Gasteiger partial charge in [-0.2, -0.15) is 0 Å². The smallest absolute Gasteiger partial charge is 0.206 e. The maximum Gasteiger partial charge on any atom is 0.256 e. The summed E-state index contributed by atoms with van der Waals surface area (Å²) in [6.45, 7) is 0. The van der Waals surface area contributed by atoms with E-state index in [2.05, 4.69) is 0 Å². The van der Waals surface area contributed by atoms with Crippen molar-refractivity contribution in [3.8, 4) is 0 Å². The quantitative estimate of drug-likeness (QED) is 0.571. The lowest BCUT2D eigenvalue weighted by atomic mass is 10.3. The second-order valence-corrected chi connectivity index (χ2v) is 8.01. The van der Waals surface area contributed by atoms with E-state index in [0.717, 1.165) is 0 Å². The Morgan fingerprint density at radius 2 is 0.941 bits per heavy atom. The molecule has 0 aliphatic carbocycles. The molecule has 1 N–H and O–H groups in total. The molecule has 0 saturated carbocycles. The van der Waals surface area contributed by atoms with Crippen LogP contribution in [0.2, 0.25) is 20.1 Å². The zero-order valence-corrected chi connectivity index (χ0v) is 12.1. The van der Waals surface area contributed by atoms with Gasteiger partial charge >= 0.3 is 0 Å². The van der Waals surface area contributed by atoms with Gasteiger partial charge < -0.3 is 0 Å². The van der Waals surface area contributed by atoms with Crippen molar-refractivity contribution in [1.82, 2.24) is 4.13 Å². The van der Waals surface area contributed by atoms with Crippen LogP contribution in [0.5, 0.6) is 0 Å². The number of benzene rings is 1. The molecule has 0 spiro atoms. The number of nitrogens with one attached hydrogen (secondary N) is 1. The summed E-state index contributed by atoms with van der Waals surface area (Å²) in [7, 11) is -8.61. The Bertz CT molecular complexity index is 677. The number of sulfonamides is 2. The van der Waals surface area contributed by atoms with Gasteiger partial charge in [0.1, 0.15) is 9.79 Å². The standard InChI is InChI=1S/C6HCl4NO4S2/c7-1-2(8)4(10)6-5(3(1)9)16(12,13)11-17(6,14)15/h11H. The van der Waals surface area contributed by atoms with Crippen molar-refractivity contribution < 1.29 is 16.8 Å². The number of fused-ring (bicyclic) bond motifs is 1. The number of hydrogen-bond donors (Lipinski definition) is 1. The number of hydrogen-bond acceptors (Lipinski definition) is 4. The van der Waals surface area contributed by atoms with E-state index in [1.807, 2.05) is 0 Å². The highest BCUT2D eigenvalue weighted by Gasteiger charge is 2.44. The van der Waals surface area contributed by atoms with Gasteiger partial charge in [0.2, 0.25) is 0 Å². The Kier molecular flexibility index (Phi) is 3.11. The number of rotatable bonds is 0. The summed E-state index contributed by atoms with van der Waals surface area (Å²) < 4.78 is 47.7. The molecule has 0 amide bonds. The molecule has 1 aromatic rings. The molecule has 1 aliphatic heterocycles. The minimum absolute atomic E-state index is 0.320. The Morgan fingerprint density at radius 1 is 0.647 bits per heavy atom. The summed E-state index contributed by atoms with van der Waals surface area (Å²) in [6.07, 6.45) is 0. The van der Waals surface area contributed by atoms with Gasteiger partial charge in [-0.1, -0.05) is 46.4 Å². The van der Waals surface area contributed by atoms with Crippen LogP contribution in [0.3, 0.4) is 0 Å². The van der Waals surface area contributed by atoms with E-state index < -0.39 is 39.9 Å². The summed E-state index contributed by atoms with van der Waals surface area (Å²) in [6, 6.07) is 0. The Labute approximate surface area is 117 Å². The van der Waals surface area contributed by atoms with Crippen molar-refractivity contribution in [1.29, 1.82) is 0 Å². The van der Waals surface area contributed by atoms with E-state index in [9.17, 15) is 16.8 Å². The third kappa shape index (κ3) is 1.85. The van der Waals surface area contributed by atoms with Gasteiger partial charge in [-0.05, 0) is 0 Å². The van der Waals surface area contributed by atoms with Crippen molar-refractivity contribution in [2.45, 2.75) is 9.79 Å². The fraction of sp³-hybridized carbons (Fsp3) is 0. The molecule has 5 nitrogen and oxygen atoms in total. The minimum atomic E-state index is -4.30. The highest BCUT2D eigenvalue weighted by atomic mass is 35.5. The average molecular weight is 357 g/mol. The summed E-state index contributed by atoms with van der Waals surface area (Å²) in [4.78, 5) is -1.36. The van der Waals surface area contributed by atoms with Crippen LogP contribution in [0.4, 0.5) is 0 Å². The monoisotopic (exact) mass is 355 g/mol. The molecule has 17 heavy (non-hydrogen) atoms. The fourth-order valence-corrected chi connectivity index (χ4v) is 6.83. The SMILES string of the molecule is O=S1(=O)NS(=O)(=O)c2c(Cl)c(Cl)c(Cl)c(Cl)c21. The van der Waals surface area contributed by atoms with Gasteiger partial charge in [0.25, 0.3) is 20.0 Å². The van der Waals surface area contributed by atoms with Crippen molar-refractivity contribution in [3.05, 3.63) is 20.1 Å². The van der Waals surface area contributed by atoms with Crippen LogP contribution in [0.15, 0.2) is 9.79 Å². The highest BCUT2D eigenvalue weighted by molar-refractivity contribution is 8.07. The predicted molar refractivity (Wildman–Crippen MR) is 64.0 cm³/mol. The van der Waals surface area contributed by atoms with Gasteiger partial charge in [-0.15, -0.1) is 4.13 Å². The van der Waals surface area contributed by atoms with Crippen LogP contribution in [0, 0.1) is 0 Å². The second kappa shape index (κ2) is 3.86. The molecule has 0 aromatic heterocycles. The van der Waals surface area contributed by atoms with Gasteiger partial charge in [-0.3, -0.25) is 0 Å². The molecule has 0 radical (unpaired) electrons. The summed E-state index contributed by atoms with van der Waals surface area (Å²) in [5.74, 6) is 0. The van der Waals surface area contributed by atoms with Gasteiger partial charge in [0.05, 0.1) is 20.1 Å². The summed E-state index contributed by atoms with van der Waals surface area (Å²) in [5.41, 5.74) is 0. The molecule has 0 bridgehead atoms. The van der Waals surface area contributed by atoms with Crippen LogP contribution in [0.1, 0.15) is 0 Å². The van der Waals surface area contributed by atoms with E-state index in [-0.39, 0.29) is 10.0 Å². The highest BCUT2D eigenvalue weighted by Crippen LogP contribution is 2.47. The zero-order valence-electron chi connectivity index (χ0n) is 7.46. The molecule has 0 saturated heterocycles. The Hall–Kier alpha value is 0.240. The molecule has 0 unspecified atom stereocenters. The lowest BCUT2D eigenvalue weighted by Crippen LogP contribution is -2.21. The average Bonchev–Trinajstić information content (AvgIpc) is 2.36. The van der Waals surface area contributed by atoms with E-state index in [4.69, 9.17) is 46.4 Å². The van der Waals surface area contributed by atoms with Crippen molar-refractivity contribution in [3.63, 3.8) is 0 Å². The largest absolute Gasteiger partial charge is 0.256 e. The topological polar surface area (TPSA) is 80.3 Å². The van der Waals surface area contributed by atoms with E-state index >= 15 is 0 Å². The van der Waals surface area contributed by atoms with E-state index in [1.165, 1.54) is 4.13 Å². The van der Waals surface area contributed by atoms with Crippen LogP contribution in [0.25, 0.3) is 0 Å². The van der Waals surface area contributed by atoms with E-state index in [1.54, 1.807) is 0 Å².